The van der Waals surface area contributed by atoms with Gasteiger partial charge in [-0.1, -0.05) is 11.2 Å². The average molecular weight is 279 g/mol. The SMILES string of the molecule is CCOC(=O)C(N=[N+]=[N-])C(O)c1ccc2c(c1)OCO2. The number of esters is 1. The molecule has 0 aromatic heterocycles. The van der Waals surface area contributed by atoms with Gasteiger partial charge in [-0.2, -0.15) is 0 Å². The van der Waals surface area contributed by atoms with Crippen LogP contribution in [0.15, 0.2) is 23.3 Å². The van der Waals surface area contributed by atoms with Gasteiger partial charge in [0.05, 0.1) is 12.7 Å². The van der Waals surface area contributed by atoms with Gasteiger partial charge >= 0.3 is 5.97 Å². The molecule has 8 heteroatoms. The third kappa shape index (κ3) is 2.76. The van der Waals surface area contributed by atoms with Gasteiger partial charge in [0.25, 0.3) is 0 Å². The van der Waals surface area contributed by atoms with Crippen molar-refractivity contribution in [3.8, 4) is 11.5 Å². The van der Waals surface area contributed by atoms with Crippen LogP contribution in [0.2, 0.25) is 0 Å². The highest BCUT2D eigenvalue weighted by molar-refractivity contribution is 5.77. The van der Waals surface area contributed by atoms with E-state index in [2.05, 4.69) is 10.0 Å². The lowest BCUT2D eigenvalue weighted by atomic mass is 10.0. The summed E-state index contributed by atoms with van der Waals surface area (Å²) in [5.74, 6) is 0.234. The number of nitrogens with zero attached hydrogens (tertiary/aromatic N) is 3. The molecule has 0 spiro atoms. The number of aliphatic hydroxyl groups excluding tert-OH is 1. The summed E-state index contributed by atoms with van der Waals surface area (Å²) in [4.78, 5) is 14.2. The van der Waals surface area contributed by atoms with Crippen LogP contribution in [0.5, 0.6) is 11.5 Å². The van der Waals surface area contributed by atoms with Crippen molar-refractivity contribution in [3.63, 3.8) is 0 Å². The lowest BCUT2D eigenvalue weighted by molar-refractivity contribution is -0.147. The summed E-state index contributed by atoms with van der Waals surface area (Å²) in [6.45, 7) is 1.86. The molecule has 2 unspecified atom stereocenters. The molecule has 1 aliphatic rings. The van der Waals surface area contributed by atoms with Crippen molar-refractivity contribution < 1.29 is 24.1 Å². The maximum absolute atomic E-state index is 11.7. The molecule has 0 saturated carbocycles. The molecule has 1 N–H and O–H groups in total. The molecule has 0 radical (unpaired) electrons. The van der Waals surface area contributed by atoms with Crippen molar-refractivity contribution in [2.45, 2.75) is 19.1 Å². The minimum atomic E-state index is -1.35. The molecule has 0 saturated heterocycles. The van der Waals surface area contributed by atoms with E-state index in [4.69, 9.17) is 19.7 Å². The summed E-state index contributed by atoms with van der Waals surface area (Å²) in [6, 6.07) is 3.36. The fraction of sp³-hybridized carbons (Fsp3) is 0.417. The maximum Gasteiger partial charge on any atom is 0.317 e. The predicted molar refractivity (Wildman–Crippen MR) is 67.1 cm³/mol. The molecule has 1 aliphatic heterocycles. The van der Waals surface area contributed by atoms with Gasteiger partial charge in [0.15, 0.2) is 17.5 Å². The maximum atomic E-state index is 11.7. The number of ether oxygens (including phenoxy) is 3. The quantitative estimate of drug-likeness (QED) is 0.381. The Morgan fingerprint density at radius 3 is 3.00 bits per heavy atom. The van der Waals surface area contributed by atoms with E-state index in [1.165, 1.54) is 6.07 Å². The second-order valence-electron chi connectivity index (χ2n) is 3.96. The fourth-order valence-corrected chi connectivity index (χ4v) is 1.80. The molecular formula is C12H13N3O5. The number of carbonyl (C=O) groups is 1. The van der Waals surface area contributed by atoms with E-state index in [-0.39, 0.29) is 13.4 Å². The lowest BCUT2D eigenvalue weighted by Crippen LogP contribution is -2.28. The zero-order chi connectivity index (χ0) is 14.5. The molecule has 0 bridgehead atoms. The number of hydrogen-bond acceptors (Lipinski definition) is 6. The Morgan fingerprint density at radius 1 is 1.55 bits per heavy atom. The highest BCUT2D eigenvalue weighted by Gasteiger charge is 2.29. The molecule has 1 heterocycles. The molecule has 20 heavy (non-hydrogen) atoms. The number of fused-ring (bicyclic) bond motifs is 1. The molecule has 2 rings (SSSR count). The lowest BCUT2D eigenvalue weighted by Gasteiger charge is -2.17. The third-order valence-electron chi connectivity index (χ3n) is 2.74. The number of aliphatic hydroxyl groups is 1. The smallest absolute Gasteiger partial charge is 0.317 e. The zero-order valence-corrected chi connectivity index (χ0v) is 10.7. The van der Waals surface area contributed by atoms with E-state index >= 15 is 0 Å². The van der Waals surface area contributed by atoms with Crippen LogP contribution in [0.3, 0.4) is 0 Å². The first-order chi connectivity index (χ1) is 9.67. The van der Waals surface area contributed by atoms with Gasteiger partial charge in [0, 0.05) is 4.91 Å². The van der Waals surface area contributed by atoms with Gasteiger partial charge in [-0.15, -0.1) is 0 Å². The molecule has 0 aliphatic carbocycles. The first-order valence-corrected chi connectivity index (χ1v) is 5.95. The normalized spacial score (nSPS) is 15.1. The monoisotopic (exact) mass is 279 g/mol. The van der Waals surface area contributed by atoms with E-state index in [1.54, 1.807) is 19.1 Å². The third-order valence-corrected chi connectivity index (χ3v) is 2.74. The van der Waals surface area contributed by atoms with E-state index in [1.807, 2.05) is 0 Å². The van der Waals surface area contributed by atoms with Gasteiger partial charge in [0.2, 0.25) is 6.79 Å². The Hall–Kier alpha value is -2.44. The van der Waals surface area contributed by atoms with Crippen LogP contribution in [-0.2, 0) is 9.53 Å². The second-order valence-corrected chi connectivity index (χ2v) is 3.96. The number of benzene rings is 1. The van der Waals surface area contributed by atoms with E-state index in [9.17, 15) is 9.90 Å². The van der Waals surface area contributed by atoms with Crippen molar-refractivity contribution in [1.82, 2.24) is 0 Å². The number of rotatable bonds is 5. The van der Waals surface area contributed by atoms with Crippen LogP contribution in [-0.4, -0.2) is 30.5 Å². The molecule has 8 nitrogen and oxygen atoms in total. The van der Waals surface area contributed by atoms with Crippen LogP contribution in [0, 0.1) is 0 Å². The van der Waals surface area contributed by atoms with Crippen molar-refractivity contribution in [3.05, 3.63) is 34.2 Å². The van der Waals surface area contributed by atoms with Crippen molar-refractivity contribution >= 4 is 5.97 Å². The predicted octanol–water partition coefficient (Wildman–Crippen LogP) is 1.69. The summed E-state index contributed by atoms with van der Waals surface area (Å²) >= 11 is 0. The van der Waals surface area contributed by atoms with Gasteiger partial charge in [-0.05, 0) is 30.2 Å². The Balaban J connectivity index is 2.25. The molecule has 0 amide bonds. The standard InChI is InChI=1S/C12H13N3O5/c1-2-18-12(17)10(14-15-13)11(16)7-3-4-8-9(5-7)20-6-19-8/h3-5,10-11,16H,2,6H2,1H3. The van der Waals surface area contributed by atoms with E-state index < -0.39 is 18.1 Å². The molecule has 1 aromatic rings. The largest absolute Gasteiger partial charge is 0.466 e. The van der Waals surface area contributed by atoms with Crippen LogP contribution in [0.4, 0.5) is 0 Å². The number of azide groups is 1. The summed E-state index contributed by atoms with van der Waals surface area (Å²) in [5.41, 5.74) is 8.87. The fourth-order valence-electron chi connectivity index (χ4n) is 1.80. The van der Waals surface area contributed by atoms with Crippen molar-refractivity contribution in [2.24, 2.45) is 5.11 Å². The van der Waals surface area contributed by atoms with E-state index in [0.29, 0.717) is 17.1 Å². The average Bonchev–Trinajstić information content (AvgIpc) is 2.91. The molecule has 2 atom stereocenters. The first-order valence-electron chi connectivity index (χ1n) is 5.95. The Labute approximate surface area is 114 Å². The van der Waals surface area contributed by atoms with Gasteiger partial charge in [0.1, 0.15) is 0 Å². The van der Waals surface area contributed by atoms with E-state index in [0.717, 1.165) is 0 Å². The Morgan fingerprint density at radius 2 is 2.30 bits per heavy atom. The van der Waals surface area contributed by atoms with Gasteiger partial charge in [-0.25, -0.2) is 0 Å². The Kier molecular flexibility index (Phi) is 4.29. The summed E-state index contributed by atoms with van der Waals surface area (Å²) in [5, 5.41) is 13.5. The van der Waals surface area contributed by atoms with Crippen LogP contribution in [0.25, 0.3) is 10.4 Å². The second kappa shape index (κ2) is 6.14. The summed E-state index contributed by atoms with van der Waals surface area (Å²) in [6.07, 6.45) is -1.32. The highest BCUT2D eigenvalue weighted by Crippen LogP contribution is 2.35. The molecule has 0 fully saturated rings. The first kappa shape index (κ1) is 14.0. The molecule has 106 valence electrons. The minimum Gasteiger partial charge on any atom is -0.466 e. The molecular weight excluding hydrogens is 266 g/mol. The van der Waals surface area contributed by atoms with Crippen molar-refractivity contribution in [1.29, 1.82) is 0 Å². The Bertz CT molecular complexity index is 556. The van der Waals surface area contributed by atoms with Gasteiger partial charge in [-0.3, -0.25) is 4.79 Å². The zero-order valence-electron chi connectivity index (χ0n) is 10.7. The number of carbonyl (C=O) groups excluding carboxylic acids is 1. The summed E-state index contributed by atoms with van der Waals surface area (Å²) in [7, 11) is 0. The van der Waals surface area contributed by atoms with Crippen LogP contribution < -0.4 is 9.47 Å². The van der Waals surface area contributed by atoms with Gasteiger partial charge < -0.3 is 19.3 Å². The number of hydrogen-bond donors (Lipinski definition) is 1. The highest BCUT2D eigenvalue weighted by atomic mass is 16.7. The topological polar surface area (TPSA) is 114 Å². The van der Waals surface area contributed by atoms with Crippen LogP contribution in [0.1, 0.15) is 18.6 Å². The summed E-state index contributed by atoms with van der Waals surface area (Å²) < 4.78 is 15.1. The molecule has 1 aromatic carbocycles. The minimum absolute atomic E-state index is 0.104. The van der Waals surface area contributed by atoms with Crippen LogP contribution >= 0.6 is 0 Å². The van der Waals surface area contributed by atoms with Crippen molar-refractivity contribution in [2.75, 3.05) is 13.4 Å².